The second-order valence-corrected chi connectivity index (χ2v) is 8.60. The second kappa shape index (κ2) is 7.75. The van der Waals surface area contributed by atoms with Crippen LogP contribution in [-0.2, 0) is 14.8 Å². The predicted octanol–water partition coefficient (Wildman–Crippen LogP) is 0.137. The van der Waals surface area contributed by atoms with Crippen LogP contribution in [0.15, 0.2) is 12.4 Å². The summed E-state index contributed by atoms with van der Waals surface area (Å²) in [6.07, 6.45) is 5.95. The molecule has 2 aliphatic heterocycles. The molecule has 0 bridgehead atoms. The summed E-state index contributed by atoms with van der Waals surface area (Å²) in [5.74, 6) is 0.606. The first kappa shape index (κ1) is 18.8. The fraction of sp³-hybridized carbons (Fsp3) is 0.688. The van der Waals surface area contributed by atoms with E-state index in [1.807, 2.05) is 0 Å². The molecule has 26 heavy (non-hydrogen) atoms. The maximum absolute atomic E-state index is 12.7. The molecule has 0 aromatic carbocycles. The van der Waals surface area contributed by atoms with Gasteiger partial charge in [-0.3, -0.25) is 4.79 Å². The molecular formula is C16H24N4O5S. The summed E-state index contributed by atoms with van der Waals surface area (Å²) < 4.78 is 35.6. The Labute approximate surface area is 153 Å². The highest BCUT2D eigenvalue weighted by Crippen LogP contribution is 2.26. The van der Waals surface area contributed by atoms with E-state index in [-0.39, 0.29) is 17.9 Å². The number of carbonyl (C=O) groups is 1. The topological polar surface area (TPSA) is 102 Å². The Kier molecular flexibility index (Phi) is 5.61. The van der Waals surface area contributed by atoms with Gasteiger partial charge in [0.1, 0.15) is 6.10 Å². The number of ether oxygens (including phenoxy) is 2. The molecule has 10 heteroatoms. The first-order valence-electron chi connectivity index (χ1n) is 8.64. The summed E-state index contributed by atoms with van der Waals surface area (Å²) in [6.45, 7) is 1.92. The first-order chi connectivity index (χ1) is 12.4. The minimum Gasteiger partial charge on any atom is -0.477 e. The molecule has 0 radical (unpaired) electrons. The van der Waals surface area contributed by atoms with Crippen LogP contribution in [0.25, 0.3) is 0 Å². The predicted molar refractivity (Wildman–Crippen MR) is 93.3 cm³/mol. The van der Waals surface area contributed by atoms with Crippen LogP contribution in [0.4, 0.5) is 0 Å². The van der Waals surface area contributed by atoms with Gasteiger partial charge in [-0.25, -0.2) is 22.7 Å². The smallest absolute Gasteiger partial charge is 0.278 e. The molecule has 144 valence electrons. The highest BCUT2D eigenvalue weighted by Gasteiger charge is 2.35. The van der Waals surface area contributed by atoms with Crippen LogP contribution < -0.4 is 9.47 Å². The van der Waals surface area contributed by atoms with E-state index in [2.05, 4.69) is 9.97 Å². The fourth-order valence-corrected chi connectivity index (χ4v) is 4.28. The van der Waals surface area contributed by atoms with Crippen LogP contribution in [0.2, 0.25) is 0 Å². The van der Waals surface area contributed by atoms with Gasteiger partial charge in [-0.2, -0.15) is 0 Å². The zero-order valence-electron chi connectivity index (χ0n) is 15.0. The Hall–Kier alpha value is -1.94. The van der Waals surface area contributed by atoms with Gasteiger partial charge in [-0.15, -0.1) is 0 Å². The Bertz CT molecular complexity index is 749. The van der Waals surface area contributed by atoms with Crippen LogP contribution in [-0.4, -0.2) is 79.1 Å². The maximum atomic E-state index is 12.7. The number of nitrogens with zero attached hydrogens (tertiary/aromatic N) is 4. The molecule has 0 spiro atoms. The molecule has 2 aliphatic rings. The molecule has 2 fully saturated rings. The van der Waals surface area contributed by atoms with Gasteiger partial charge < -0.3 is 14.4 Å². The quantitative estimate of drug-likeness (QED) is 0.711. The summed E-state index contributed by atoms with van der Waals surface area (Å²) >= 11 is 0. The summed E-state index contributed by atoms with van der Waals surface area (Å²) in [4.78, 5) is 22.7. The third kappa shape index (κ3) is 4.24. The van der Waals surface area contributed by atoms with Crippen molar-refractivity contribution in [3.8, 4) is 11.8 Å². The van der Waals surface area contributed by atoms with Gasteiger partial charge in [-0.05, 0) is 12.8 Å². The molecule has 9 nitrogen and oxygen atoms in total. The van der Waals surface area contributed by atoms with Crippen molar-refractivity contribution in [3.05, 3.63) is 12.4 Å². The van der Waals surface area contributed by atoms with E-state index in [0.29, 0.717) is 57.2 Å². The third-order valence-corrected chi connectivity index (χ3v) is 6.14. The van der Waals surface area contributed by atoms with Gasteiger partial charge in [0.2, 0.25) is 15.9 Å². The van der Waals surface area contributed by atoms with Crippen molar-refractivity contribution in [3.63, 3.8) is 0 Å². The summed E-state index contributed by atoms with van der Waals surface area (Å²) in [5.41, 5.74) is 0. The van der Waals surface area contributed by atoms with Crippen molar-refractivity contribution >= 4 is 15.9 Å². The molecule has 0 saturated carbocycles. The lowest BCUT2D eigenvalue weighted by Gasteiger charge is -2.31. The van der Waals surface area contributed by atoms with Crippen molar-refractivity contribution in [1.82, 2.24) is 19.2 Å². The molecule has 0 unspecified atom stereocenters. The highest BCUT2D eigenvalue weighted by molar-refractivity contribution is 7.88. The van der Waals surface area contributed by atoms with Crippen molar-refractivity contribution in [2.45, 2.75) is 25.4 Å². The molecule has 1 aromatic rings. The Morgan fingerprint density at radius 3 is 2.38 bits per heavy atom. The van der Waals surface area contributed by atoms with Gasteiger partial charge in [0.25, 0.3) is 11.8 Å². The maximum Gasteiger partial charge on any atom is 0.278 e. The lowest BCUT2D eigenvalue weighted by molar-refractivity contribution is -0.135. The number of aromatic nitrogens is 2. The molecule has 0 aliphatic carbocycles. The number of hydrogen-bond acceptors (Lipinski definition) is 7. The zero-order chi connectivity index (χ0) is 18.7. The number of carbonyl (C=O) groups excluding carboxylic acids is 1. The normalized spacial score (nSPS) is 22.4. The Morgan fingerprint density at radius 1 is 1.12 bits per heavy atom. The standard InChI is InChI=1S/C16H24N4O5S/c1-24-14-15(18-7-6-17-14)25-13-5-8-19(11-13)16(21)12-3-9-20(10-4-12)26(2,22)23/h6-7,12-13H,3-5,8-11H2,1-2H3/t13-/m1/s1. The summed E-state index contributed by atoms with van der Waals surface area (Å²) in [5, 5.41) is 0. The Balaban J connectivity index is 1.53. The minimum absolute atomic E-state index is 0.0790. The second-order valence-electron chi connectivity index (χ2n) is 6.62. The Morgan fingerprint density at radius 2 is 1.77 bits per heavy atom. The average Bonchev–Trinajstić information content (AvgIpc) is 3.09. The van der Waals surface area contributed by atoms with Gasteiger partial charge in [0.05, 0.1) is 19.9 Å². The molecule has 1 aromatic heterocycles. The van der Waals surface area contributed by atoms with Crippen molar-refractivity contribution < 1.29 is 22.7 Å². The monoisotopic (exact) mass is 384 g/mol. The summed E-state index contributed by atoms with van der Waals surface area (Å²) in [7, 11) is -1.68. The molecule has 3 heterocycles. The molecule has 2 saturated heterocycles. The molecule has 3 rings (SSSR count). The molecule has 0 N–H and O–H groups in total. The van der Waals surface area contributed by atoms with Crippen LogP contribution in [0.1, 0.15) is 19.3 Å². The van der Waals surface area contributed by atoms with Crippen LogP contribution in [0.5, 0.6) is 11.8 Å². The van der Waals surface area contributed by atoms with Crippen molar-refractivity contribution in [2.24, 2.45) is 5.92 Å². The SMILES string of the molecule is COc1nccnc1O[C@@H]1CCN(C(=O)C2CCN(S(C)(=O)=O)CC2)C1. The summed E-state index contributed by atoms with van der Waals surface area (Å²) in [6, 6.07) is 0. The van der Waals surface area contributed by atoms with E-state index in [9.17, 15) is 13.2 Å². The number of amides is 1. The van der Waals surface area contributed by atoms with Crippen LogP contribution in [0, 0.1) is 5.92 Å². The van der Waals surface area contributed by atoms with E-state index >= 15 is 0 Å². The lowest BCUT2D eigenvalue weighted by atomic mass is 9.97. The van der Waals surface area contributed by atoms with E-state index < -0.39 is 10.0 Å². The number of sulfonamides is 1. The van der Waals surface area contributed by atoms with E-state index in [1.165, 1.54) is 30.1 Å². The van der Waals surface area contributed by atoms with E-state index in [1.54, 1.807) is 4.90 Å². The average molecular weight is 384 g/mol. The molecular weight excluding hydrogens is 360 g/mol. The van der Waals surface area contributed by atoms with Crippen molar-refractivity contribution in [2.75, 3.05) is 39.5 Å². The third-order valence-electron chi connectivity index (χ3n) is 4.83. The largest absolute Gasteiger partial charge is 0.477 e. The fourth-order valence-electron chi connectivity index (χ4n) is 3.41. The van der Waals surface area contributed by atoms with Gasteiger partial charge in [-0.1, -0.05) is 0 Å². The van der Waals surface area contributed by atoms with E-state index in [0.717, 1.165) is 0 Å². The lowest BCUT2D eigenvalue weighted by Crippen LogP contribution is -2.43. The highest BCUT2D eigenvalue weighted by atomic mass is 32.2. The van der Waals surface area contributed by atoms with E-state index in [4.69, 9.17) is 9.47 Å². The van der Waals surface area contributed by atoms with Gasteiger partial charge >= 0.3 is 0 Å². The number of rotatable bonds is 5. The molecule has 1 amide bonds. The number of hydrogen-bond donors (Lipinski definition) is 0. The molecule has 1 atom stereocenters. The number of likely N-dealkylation sites (tertiary alicyclic amines) is 1. The first-order valence-corrected chi connectivity index (χ1v) is 10.5. The van der Waals surface area contributed by atoms with Gasteiger partial charge in [0.15, 0.2) is 0 Å². The number of piperidine rings is 1. The zero-order valence-corrected chi connectivity index (χ0v) is 15.8. The van der Waals surface area contributed by atoms with Crippen molar-refractivity contribution in [1.29, 1.82) is 0 Å². The van der Waals surface area contributed by atoms with Gasteiger partial charge in [0, 0.05) is 44.4 Å². The van der Waals surface area contributed by atoms with Crippen LogP contribution >= 0.6 is 0 Å². The number of methoxy groups -OCH3 is 1. The minimum atomic E-state index is -3.18. The van der Waals surface area contributed by atoms with Crippen LogP contribution in [0.3, 0.4) is 0 Å².